The summed E-state index contributed by atoms with van der Waals surface area (Å²) in [6.07, 6.45) is 3.36. The van der Waals surface area contributed by atoms with Gasteiger partial charge in [-0.05, 0) is 73.6 Å². The van der Waals surface area contributed by atoms with E-state index in [4.69, 9.17) is 4.74 Å². The van der Waals surface area contributed by atoms with Crippen LogP contribution in [-0.4, -0.2) is 46.5 Å². The molecule has 0 radical (unpaired) electrons. The molecule has 5 rings (SSSR count). The lowest BCUT2D eigenvalue weighted by Gasteiger charge is -2.40. The lowest BCUT2D eigenvalue weighted by atomic mass is 9.72. The molecular formula is C27H30N4O3. The number of hydrogen-bond donors (Lipinski definition) is 2. The lowest BCUT2D eigenvalue weighted by Crippen LogP contribution is -2.51. The van der Waals surface area contributed by atoms with Crippen LogP contribution < -0.4 is 10.1 Å². The largest absolute Gasteiger partial charge is 0.457 e. The van der Waals surface area contributed by atoms with Gasteiger partial charge < -0.3 is 15.0 Å². The fourth-order valence-corrected chi connectivity index (χ4v) is 4.95. The van der Waals surface area contributed by atoms with Gasteiger partial charge in [0.25, 0.3) is 5.91 Å². The first-order valence-corrected chi connectivity index (χ1v) is 12.0. The van der Waals surface area contributed by atoms with E-state index in [1.807, 2.05) is 66.4 Å². The van der Waals surface area contributed by atoms with Crippen molar-refractivity contribution in [1.82, 2.24) is 20.4 Å². The van der Waals surface area contributed by atoms with Gasteiger partial charge in [-0.1, -0.05) is 31.2 Å². The zero-order valence-corrected chi connectivity index (χ0v) is 19.5. The molecule has 34 heavy (non-hydrogen) atoms. The summed E-state index contributed by atoms with van der Waals surface area (Å²) < 4.78 is 6.12. The number of amides is 2. The maximum atomic E-state index is 13.5. The number of carbonyl (C=O) groups is 2. The van der Waals surface area contributed by atoms with Crippen LogP contribution in [0.3, 0.4) is 0 Å². The van der Waals surface area contributed by atoms with Gasteiger partial charge in [0, 0.05) is 25.3 Å². The number of ether oxygens (including phenoxy) is 1. The van der Waals surface area contributed by atoms with Gasteiger partial charge in [0.2, 0.25) is 5.91 Å². The van der Waals surface area contributed by atoms with Crippen molar-refractivity contribution in [3.63, 3.8) is 0 Å². The van der Waals surface area contributed by atoms with Crippen LogP contribution in [0.4, 0.5) is 0 Å². The summed E-state index contributed by atoms with van der Waals surface area (Å²) in [7, 11) is 0. The maximum absolute atomic E-state index is 13.5. The number of hydrogen-bond acceptors (Lipinski definition) is 4. The van der Waals surface area contributed by atoms with E-state index in [9.17, 15) is 9.59 Å². The van der Waals surface area contributed by atoms with E-state index in [0.29, 0.717) is 44.6 Å². The summed E-state index contributed by atoms with van der Waals surface area (Å²) in [5.74, 6) is 1.55. The van der Waals surface area contributed by atoms with Gasteiger partial charge in [0.15, 0.2) is 0 Å². The minimum Gasteiger partial charge on any atom is -0.457 e. The minimum absolute atomic E-state index is 0.0642. The minimum atomic E-state index is -0.567. The van der Waals surface area contributed by atoms with Gasteiger partial charge >= 0.3 is 0 Å². The second kappa shape index (κ2) is 9.33. The van der Waals surface area contributed by atoms with E-state index >= 15 is 0 Å². The van der Waals surface area contributed by atoms with E-state index in [1.54, 1.807) is 0 Å². The molecule has 7 nitrogen and oxygen atoms in total. The third-order valence-corrected chi connectivity index (χ3v) is 6.99. The van der Waals surface area contributed by atoms with Crippen molar-refractivity contribution >= 4 is 11.8 Å². The van der Waals surface area contributed by atoms with Crippen molar-refractivity contribution in [3.05, 3.63) is 77.1 Å². The molecule has 4 bridgehead atoms. The maximum Gasteiger partial charge on any atom is 0.274 e. The predicted octanol–water partition coefficient (Wildman–Crippen LogP) is 3.90. The fraction of sp³-hybridized carbons (Fsp3) is 0.370. The molecule has 0 unspecified atom stereocenters. The number of aryl methyl sites for hydroxylation is 1. The Kier molecular flexibility index (Phi) is 6.09. The molecule has 3 heterocycles. The molecule has 1 aromatic heterocycles. The quantitative estimate of drug-likeness (QED) is 0.610. The molecule has 0 aliphatic carbocycles. The summed E-state index contributed by atoms with van der Waals surface area (Å²) in [6, 6.07) is 17.8. The van der Waals surface area contributed by atoms with Crippen molar-refractivity contribution in [1.29, 1.82) is 0 Å². The Morgan fingerprint density at radius 2 is 1.76 bits per heavy atom. The number of carbonyl (C=O) groups excluding carboxylic acids is 2. The SMILES string of the molecule is CCc1cc(C(=O)N2CCC3(CC2)Cc2cccc(c2)Oc2cccc(c2)CCNC3=O)n[nH]1. The first-order chi connectivity index (χ1) is 16.5. The van der Waals surface area contributed by atoms with Crippen molar-refractivity contribution in [2.75, 3.05) is 19.6 Å². The highest BCUT2D eigenvalue weighted by molar-refractivity contribution is 5.92. The van der Waals surface area contributed by atoms with Gasteiger partial charge in [0.05, 0.1) is 5.41 Å². The molecule has 0 saturated carbocycles. The normalized spacial score (nSPS) is 17.7. The van der Waals surface area contributed by atoms with Crippen molar-refractivity contribution in [3.8, 4) is 11.5 Å². The van der Waals surface area contributed by atoms with E-state index in [2.05, 4.69) is 15.5 Å². The number of nitrogens with zero attached hydrogens (tertiary/aromatic N) is 2. The highest BCUT2D eigenvalue weighted by Gasteiger charge is 2.42. The standard InChI is InChI=1S/C27H30N4O3/c1-2-21-17-24(30-29-21)25(32)31-13-10-27(11-14-31)18-20-6-4-8-23(16-20)34-22-7-3-5-19(15-22)9-12-28-26(27)33/h3-8,15-17H,2,9-14,18H2,1H3,(H,28,33)(H,29,30). The molecule has 1 saturated heterocycles. The number of fused-ring (bicyclic) bond motifs is 4. The molecule has 2 aliphatic heterocycles. The number of likely N-dealkylation sites (tertiary alicyclic amines) is 1. The second-order valence-corrected chi connectivity index (χ2v) is 9.28. The second-order valence-electron chi connectivity index (χ2n) is 9.28. The molecular weight excluding hydrogens is 428 g/mol. The highest BCUT2D eigenvalue weighted by atomic mass is 16.5. The Morgan fingerprint density at radius 1 is 1.06 bits per heavy atom. The molecule has 2 aliphatic rings. The van der Waals surface area contributed by atoms with Gasteiger partial charge in [-0.2, -0.15) is 5.10 Å². The number of H-pyrrole nitrogens is 1. The summed E-state index contributed by atoms with van der Waals surface area (Å²) >= 11 is 0. The summed E-state index contributed by atoms with van der Waals surface area (Å²) in [6.45, 7) is 3.64. The van der Waals surface area contributed by atoms with E-state index < -0.39 is 5.41 Å². The number of benzene rings is 2. The molecule has 0 atom stereocenters. The van der Waals surface area contributed by atoms with Gasteiger partial charge in [-0.25, -0.2) is 0 Å². The summed E-state index contributed by atoms with van der Waals surface area (Å²) in [5, 5.41) is 10.3. The van der Waals surface area contributed by atoms with Crippen molar-refractivity contribution in [2.24, 2.45) is 5.41 Å². The van der Waals surface area contributed by atoms with Crippen LogP contribution in [-0.2, 0) is 24.1 Å². The smallest absolute Gasteiger partial charge is 0.274 e. The average Bonchev–Trinajstić information content (AvgIpc) is 3.33. The summed E-state index contributed by atoms with van der Waals surface area (Å²) in [5.41, 5.74) is 3.00. The molecule has 2 amide bonds. The molecule has 1 spiro atoms. The fourth-order valence-electron chi connectivity index (χ4n) is 4.95. The molecule has 2 aromatic carbocycles. The average molecular weight is 459 g/mol. The first kappa shape index (κ1) is 22.2. The Bertz CT molecular complexity index is 1190. The number of rotatable bonds is 2. The van der Waals surface area contributed by atoms with Crippen molar-refractivity contribution < 1.29 is 14.3 Å². The zero-order chi connectivity index (χ0) is 23.5. The van der Waals surface area contributed by atoms with Crippen LogP contribution in [0.15, 0.2) is 54.6 Å². The molecule has 176 valence electrons. The van der Waals surface area contributed by atoms with Gasteiger partial charge in [0.1, 0.15) is 17.2 Å². The number of aromatic amines is 1. The Hall–Kier alpha value is -3.61. The van der Waals surface area contributed by atoms with Gasteiger partial charge in [-0.3, -0.25) is 14.7 Å². The number of nitrogens with one attached hydrogen (secondary N) is 2. The third kappa shape index (κ3) is 4.55. The predicted molar refractivity (Wildman–Crippen MR) is 129 cm³/mol. The zero-order valence-electron chi connectivity index (χ0n) is 19.5. The Balaban J connectivity index is 1.38. The molecule has 7 heteroatoms. The van der Waals surface area contributed by atoms with Crippen LogP contribution >= 0.6 is 0 Å². The Morgan fingerprint density at radius 3 is 2.47 bits per heavy atom. The molecule has 1 fully saturated rings. The van der Waals surface area contributed by atoms with E-state index in [0.717, 1.165) is 41.2 Å². The van der Waals surface area contributed by atoms with E-state index in [-0.39, 0.29) is 11.8 Å². The molecule has 3 aromatic rings. The first-order valence-electron chi connectivity index (χ1n) is 12.0. The third-order valence-electron chi connectivity index (χ3n) is 6.99. The Labute approximate surface area is 199 Å². The van der Waals surface area contributed by atoms with Crippen molar-refractivity contribution in [2.45, 2.75) is 39.0 Å². The van der Waals surface area contributed by atoms with E-state index in [1.165, 1.54) is 0 Å². The lowest BCUT2D eigenvalue weighted by molar-refractivity contribution is -0.133. The van der Waals surface area contributed by atoms with Gasteiger partial charge in [-0.15, -0.1) is 0 Å². The van der Waals surface area contributed by atoms with Crippen LogP contribution in [0.2, 0.25) is 0 Å². The highest BCUT2D eigenvalue weighted by Crippen LogP contribution is 2.37. The number of piperidine rings is 1. The number of aromatic nitrogens is 2. The topological polar surface area (TPSA) is 87.3 Å². The monoisotopic (exact) mass is 458 g/mol. The summed E-state index contributed by atoms with van der Waals surface area (Å²) in [4.78, 5) is 28.3. The van der Waals surface area contributed by atoms with Crippen LogP contribution in [0, 0.1) is 5.41 Å². The van der Waals surface area contributed by atoms with Crippen LogP contribution in [0.5, 0.6) is 11.5 Å². The van der Waals surface area contributed by atoms with Crippen LogP contribution in [0.25, 0.3) is 0 Å². The van der Waals surface area contributed by atoms with Crippen LogP contribution in [0.1, 0.15) is 47.1 Å². The molecule has 2 N–H and O–H groups in total.